The first-order chi connectivity index (χ1) is 7.95. The van der Waals surface area contributed by atoms with Gasteiger partial charge in [0.15, 0.2) is 0 Å². The molecule has 0 bridgehead atoms. The van der Waals surface area contributed by atoms with E-state index in [1.54, 1.807) is 11.3 Å². The first-order valence-corrected chi connectivity index (χ1v) is 7.26. The Balaban J connectivity index is 1.97. The fraction of sp³-hybridized carbons (Fsp3) is 0.769. The van der Waals surface area contributed by atoms with Crippen LogP contribution in [0.4, 0.5) is 0 Å². The number of hydrogen-bond donors (Lipinski definition) is 1. The molecule has 1 aromatic heterocycles. The summed E-state index contributed by atoms with van der Waals surface area (Å²) in [7, 11) is 0. The molecule has 0 saturated carbocycles. The van der Waals surface area contributed by atoms with Crippen LogP contribution in [0.25, 0.3) is 0 Å². The Hall–Kier alpha value is -0.450. The second kappa shape index (κ2) is 5.04. The number of rotatable bonds is 2. The topological polar surface area (TPSA) is 42.2 Å². The summed E-state index contributed by atoms with van der Waals surface area (Å²) in [6, 6.07) is 0.351. The zero-order valence-corrected chi connectivity index (χ0v) is 11.9. The van der Waals surface area contributed by atoms with Crippen molar-refractivity contribution in [1.82, 2.24) is 9.88 Å². The van der Waals surface area contributed by atoms with E-state index in [9.17, 15) is 0 Å². The minimum absolute atomic E-state index is 0.168. The summed E-state index contributed by atoms with van der Waals surface area (Å²) in [6.07, 6.45) is 2.39. The summed E-state index contributed by atoms with van der Waals surface area (Å²) >= 11 is 1.78. The van der Waals surface area contributed by atoms with E-state index in [0.29, 0.717) is 6.04 Å². The van der Waals surface area contributed by atoms with Crippen LogP contribution in [-0.2, 0) is 12.0 Å². The summed E-state index contributed by atoms with van der Waals surface area (Å²) < 4.78 is 0. The molecule has 0 spiro atoms. The molecule has 0 unspecified atom stereocenters. The van der Waals surface area contributed by atoms with E-state index in [1.807, 2.05) is 0 Å². The minimum atomic E-state index is 0.168. The molecule has 1 aliphatic heterocycles. The number of piperidine rings is 1. The fourth-order valence-electron chi connectivity index (χ4n) is 2.19. The van der Waals surface area contributed by atoms with Crippen LogP contribution < -0.4 is 5.73 Å². The largest absolute Gasteiger partial charge is 0.327 e. The molecule has 0 amide bonds. The molecule has 3 nitrogen and oxygen atoms in total. The van der Waals surface area contributed by atoms with E-state index in [-0.39, 0.29) is 5.41 Å². The lowest BCUT2D eigenvalue weighted by Gasteiger charge is -2.29. The summed E-state index contributed by atoms with van der Waals surface area (Å²) in [6.45, 7) is 9.78. The number of nitrogens with zero attached hydrogens (tertiary/aromatic N) is 2. The Morgan fingerprint density at radius 3 is 2.88 bits per heavy atom. The lowest BCUT2D eigenvalue weighted by molar-refractivity contribution is 0.199. The summed E-state index contributed by atoms with van der Waals surface area (Å²) in [5.41, 5.74) is 7.36. The summed E-state index contributed by atoms with van der Waals surface area (Å²) in [5, 5.41) is 3.43. The van der Waals surface area contributed by atoms with E-state index in [0.717, 1.165) is 19.6 Å². The summed E-state index contributed by atoms with van der Waals surface area (Å²) in [4.78, 5) is 7.16. The van der Waals surface area contributed by atoms with Gasteiger partial charge in [0.25, 0.3) is 0 Å². The van der Waals surface area contributed by atoms with E-state index in [4.69, 9.17) is 10.7 Å². The third-order valence-corrected chi connectivity index (χ3v) is 4.44. The Labute approximate surface area is 108 Å². The molecular weight excluding hydrogens is 230 g/mol. The van der Waals surface area contributed by atoms with Crippen molar-refractivity contribution in [2.75, 3.05) is 13.1 Å². The molecule has 4 heteroatoms. The average Bonchev–Trinajstić information content (AvgIpc) is 2.65. The number of thiazole rings is 1. The molecule has 0 aromatic carbocycles. The van der Waals surface area contributed by atoms with Crippen molar-refractivity contribution in [3.8, 4) is 0 Å². The number of likely N-dealkylation sites (tertiary alicyclic amines) is 1. The molecule has 1 saturated heterocycles. The molecule has 17 heavy (non-hydrogen) atoms. The quantitative estimate of drug-likeness (QED) is 0.880. The highest BCUT2D eigenvalue weighted by Gasteiger charge is 2.20. The number of hydrogen-bond acceptors (Lipinski definition) is 4. The highest BCUT2D eigenvalue weighted by atomic mass is 32.1. The van der Waals surface area contributed by atoms with Crippen molar-refractivity contribution in [1.29, 1.82) is 0 Å². The first kappa shape index (κ1) is 13.0. The van der Waals surface area contributed by atoms with Crippen LogP contribution in [0.3, 0.4) is 0 Å². The normalized spacial score (nSPS) is 22.9. The van der Waals surface area contributed by atoms with Gasteiger partial charge in [-0.05, 0) is 19.4 Å². The van der Waals surface area contributed by atoms with Crippen molar-refractivity contribution >= 4 is 11.3 Å². The molecule has 1 aliphatic rings. The van der Waals surface area contributed by atoms with Gasteiger partial charge in [-0.25, -0.2) is 4.98 Å². The number of nitrogens with two attached hydrogens (primary N) is 1. The van der Waals surface area contributed by atoms with Crippen molar-refractivity contribution in [2.45, 2.75) is 51.6 Å². The molecule has 0 radical (unpaired) electrons. The maximum atomic E-state index is 5.99. The standard InChI is InChI=1S/C13H23N3S/c1-13(2,3)12-15-11(9-17-12)8-16-6-4-5-10(14)7-16/h9-10H,4-8,14H2,1-3H3/t10-/m1/s1. The monoisotopic (exact) mass is 253 g/mol. The maximum absolute atomic E-state index is 5.99. The predicted molar refractivity (Wildman–Crippen MR) is 73.3 cm³/mol. The molecule has 2 heterocycles. The van der Waals surface area contributed by atoms with Crippen LogP contribution in [-0.4, -0.2) is 29.0 Å². The Morgan fingerprint density at radius 2 is 2.29 bits per heavy atom. The zero-order valence-electron chi connectivity index (χ0n) is 11.1. The lowest BCUT2D eigenvalue weighted by atomic mass is 9.98. The molecular formula is C13H23N3S. The van der Waals surface area contributed by atoms with Gasteiger partial charge < -0.3 is 5.73 Å². The van der Waals surface area contributed by atoms with Crippen molar-refractivity contribution in [3.63, 3.8) is 0 Å². The molecule has 1 fully saturated rings. The third-order valence-electron chi connectivity index (χ3n) is 3.12. The van der Waals surface area contributed by atoms with Gasteiger partial charge in [0.2, 0.25) is 0 Å². The summed E-state index contributed by atoms with van der Waals surface area (Å²) in [5.74, 6) is 0. The van der Waals surface area contributed by atoms with Crippen LogP contribution in [0.2, 0.25) is 0 Å². The van der Waals surface area contributed by atoms with Gasteiger partial charge in [0, 0.05) is 29.9 Å². The van der Waals surface area contributed by atoms with E-state index >= 15 is 0 Å². The highest BCUT2D eigenvalue weighted by Crippen LogP contribution is 2.26. The molecule has 0 aliphatic carbocycles. The molecule has 1 aromatic rings. The smallest absolute Gasteiger partial charge is 0.0982 e. The second-order valence-electron chi connectivity index (χ2n) is 6.03. The fourth-order valence-corrected chi connectivity index (χ4v) is 3.09. The van der Waals surface area contributed by atoms with Crippen molar-refractivity contribution in [2.24, 2.45) is 5.73 Å². The van der Waals surface area contributed by atoms with Crippen molar-refractivity contribution in [3.05, 3.63) is 16.1 Å². The Morgan fingerprint density at radius 1 is 1.53 bits per heavy atom. The highest BCUT2D eigenvalue weighted by molar-refractivity contribution is 7.09. The third kappa shape index (κ3) is 3.50. The maximum Gasteiger partial charge on any atom is 0.0982 e. The van der Waals surface area contributed by atoms with E-state index in [2.05, 4.69) is 31.1 Å². The predicted octanol–water partition coefficient (Wildman–Crippen LogP) is 2.36. The van der Waals surface area contributed by atoms with Gasteiger partial charge in [0.05, 0.1) is 10.7 Å². The Bertz CT molecular complexity index is 367. The van der Waals surface area contributed by atoms with E-state index < -0.39 is 0 Å². The Kier molecular flexibility index (Phi) is 3.85. The lowest BCUT2D eigenvalue weighted by Crippen LogP contribution is -2.42. The molecule has 2 rings (SSSR count). The van der Waals surface area contributed by atoms with Gasteiger partial charge >= 0.3 is 0 Å². The van der Waals surface area contributed by atoms with Crippen LogP contribution in [0.1, 0.15) is 44.3 Å². The second-order valence-corrected chi connectivity index (χ2v) is 6.89. The zero-order chi connectivity index (χ0) is 12.5. The van der Waals surface area contributed by atoms with Crippen LogP contribution in [0.5, 0.6) is 0 Å². The van der Waals surface area contributed by atoms with Gasteiger partial charge in [-0.1, -0.05) is 20.8 Å². The van der Waals surface area contributed by atoms with Crippen LogP contribution in [0, 0.1) is 0 Å². The van der Waals surface area contributed by atoms with E-state index in [1.165, 1.54) is 23.5 Å². The van der Waals surface area contributed by atoms with Gasteiger partial charge in [0.1, 0.15) is 0 Å². The van der Waals surface area contributed by atoms with Crippen LogP contribution in [0.15, 0.2) is 5.38 Å². The molecule has 96 valence electrons. The van der Waals surface area contributed by atoms with Gasteiger partial charge in [-0.15, -0.1) is 11.3 Å². The number of aromatic nitrogens is 1. The minimum Gasteiger partial charge on any atom is -0.327 e. The van der Waals surface area contributed by atoms with Crippen LogP contribution >= 0.6 is 11.3 Å². The van der Waals surface area contributed by atoms with Crippen molar-refractivity contribution < 1.29 is 0 Å². The van der Waals surface area contributed by atoms with Gasteiger partial charge in [-0.3, -0.25) is 4.90 Å². The van der Waals surface area contributed by atoms with Gasteiger partial charge in [-0.2, -0.15) is 0 Å². The molecule has 1 atom stereocenters. The SMILES string of the molecule is CC(C)(C)c1nc(CN2CCC[C@@H](N)C2)cs1. The first-order valence-electron chi connectivity index (χ1n) is 6.38. The average molecular weight is 253 g/mol. The molecule has 2 N–H and O–H groups in total.